The van der Waals surface area contributed by atoms with Crippen LogP contribution >= 0.6 is 0 Å². The summed E-state index contributed by atoms with van der Waals surface area (Å²) in [6, 6.07) is 11.0. The predicted molar refractivity (Wildman–Crippen MR) is 128 cm³/mol. The average molecular weight is 523 g/mol. The van der Waals surface area contributed by atoms with Crippen LogP contribution in [-0.4, -0.2) is 34.8 Å². The Labute approximate surface area is 214 Å². The maximum absolute atomic E-state index is 14.8. The normalized spacial score (nSPS) is 16.8. The molecule has 1 fully saturated rings. The Balaban J connectivity index is 1.23. The van der Waals surface area contributed by atoms with Crippen molar-refractivity contribution in [2.24, 2.45) is 0 Å². The van der Waals surface area contributed by atoms with Crippen LogP contribution in [0.15, 0.2) is 54.6 Å². The number of halogens is 3. The van der Waals surface area contributed by atoms with Crippen LogP contribution in [0, 0.1) is 17.5 Å². The Morgan fingerprint density at radius 3 is 2.45 bits per heavy atom. The lowest BCUT2D eigenvalue weighted by Gasteiger charge is -2.29. The van der Waals surface area contributed by atoms with Gasteiger partial charge in [0, 0.05) is 34.4 Å². The number of hydrogen-bond acceptors (Lipinski definition) is 5. The minimum atomic E-state index is -0.958. The Bertz CT molecular complexity index is 1490. The number of piperidine rings is 1. The van der Waals surface area contributed by atoms with E-state index in [1.165, 1.54) is 41.3 Å². The van der Waals surface area contributed by atoms with Gasteiger partial charge in [-0.15, -0.1) is 0 Å². The lowest BCUT2D eigenvalue weighted by atomic mass is 10.0. The summed E-state index contributed by atoms with van der Waals surface area (Å²) >= 11 is 0. The van der Waals surface area contributed by atoms with Crippen molar-refractivity contribution in [3.8, 4) is 11.1 Å². The summed E-state index contributed by atoms with van der Waals surface area (Å²) in [5.41, 5.74) is 0.492. The lowest BCUT2D eigenvalue weighted by Crippen LogP contribution is -2.52. The van der Waals surface area contributed by atoms with Gasteiger partial charge in [0.1, 0.15) is 30.1 Å². The van der Waals surface area contributed by atoms with E-state index in [0.717, 1.165) is 12.1 Å². The van der Waals surface area contributed by atoms with Gasteiger partial charge >= 0.3 is 6.09 Å². The zero-order valence-corrected chi connectivity index (χ0v) is 19.7. The van der Waals surface area contributed by atoms with Crippen LogP contribution in [0.1, 0.15) is 34.3 Å². The average Bonchev–Trinajstić information content (AvgIpc) is 3.20. The largest absolute Gasteiger partial charge is 0.444 e. The second-order valence-electron chi connectivity index (χ2n) is 8.88. The highest BCUT2D eigenvalue weighted by Gasteiger charge is 2.40. The Morgan fingerprint density at radius 1 is 0.947 bits per heavy atom. The molecule has 0 aromatic heterocycles. The van der Waals surface area contributed by atoms with E-state index in [4.69, 9.17) is 4.74 Å². The summed E-state index contributed by atoms with van der Waals surface area (Å²) in [5.74, 6) is -3.65. The van der Waals surface area contributed by atoms with Gasteiger partial charge in [0.15, 0.2) is 0 Å². The van der Waals surface area contributed by atoms with Crippen molar-refractivity contribution < 1.29 is 37.1 Å². The Morgan fingerprint density at radius 2 is 1.71 bits per heavy atom. The minimum absolute atomic E-state index is 0.0200. The summed E-state index contributed by atoms with van der Waals surface area (Å²) < 4.78 is 48.4. The van der Waals surface area contributed by atoms with Crippen LogP contribution in [0.2, 0.25) is 0 Å². The molecule has 4 amide bonds. The quantitative estimate of drug-likeness (QED) is 0.486. The summed E-state index contributed by atoms with van der Waals surface area (Å²) in [6.07, 6.45) is -0.743. The van der Waals surface area contributed by atoms with Gasteiger partial charge in [-0.3, -0.25) is 25.0 Å². The van der Waals surface area contributed by atoms with Crippen molar-refractivity contribution in [3.05, 3.63) is 88.7 Å². The van der Waals surface area contributed by atoms with Crippen LogP contribution in [0.3, 0.4) is 0 Å². The molecule has 194 valence electrons. The van der Waals surface area contributed by atoms with E-state index in [9.17, 15) is 32.3 Å². The lowest BCUT2D eigenvalue weighted by molar-refractivity contribution is -0.136. The van der Waals surface area contributed by atoms with Gasteiger partial charge < -0.3 is 9.64 Å². The van der Waals surface area contributed by atoms with E-state index in [0.29, 0.717) is 0 Å². The smallest absolute Gasteiger partial charge is 0.411 e. The van der Waals surface area contributed by atoms with Crippen molar-refractivity contribution in [2.45, 2.75) is 32.0 Å². The van der Waals surface area contributed by atoms with E-state index in [1.807, 2.05) is 0 Å². The fraction of sp³-hybridized carbons (Fsp3) is 0.185. The second-order valence-corrected chi connectivity index (χ2v) is 8.88. The molecule has 2 heterocycles. The van der Waals surface area contributed by atoms with E-state index >= 15 is 0 Å². The molecular weight excluding hydrogens is 503 g/mol. The first-order valence-electron chi connectivity index (χ1n) is 11.7. The minimum Gasteiger partial charge on any atom is -0.444 e. The molecule has 0 aliphatic carbocycles. The van der Waals surface area contributed by atoms with Crippen molar-refractivity contribution >= 4 is 29.5 Å². The maximum atomic E-state index is 14.8. The third kappa shape index (κ3) is 4.82. The molecule has 2 aliphatic heterocycles. The number of anilines is 1. The van der Waals surface area contributed by atoms with Crippen molar-refractivity contribution in [3.63, 3.8) is 0 Å². The van der Waals surface area contributed by atoms with Crippen LogP contribution in [0.4, 0.5) is 23.7 Å². The van der Waals surface area contributed by atoms with Crippen LogP contribution < -0.4 is 10.6 Å². The van der Waals surface area contributed by atoms with Crippen LogP contribution in [0.5, 0.6) is 0 Å². The monoisotopic (exact) mass is 523 g/mol. The molecule has 1 unspecified atom stereocenters. The van der Waals surface area contributed by atoms with Gasteiger partial charge in [-0.2, -0.15) is 0 Å². The van der Waals surface area contributed by atoms with Gasteiger partial charge in [0.05, 0.1) is 6.54 Å². The fourth-order valence-electron chi connectivity index (χ4n) is 4.55. The molecule has 0 saturated carbocycles. The number of fused-ring (bicyclic) bond motifs is 1. The van der Waals surface area contributed by atoms with Gasteiger partial charge in [0.2, 0.25) is 11.8 Å². The predicted octanol–water partition coefficient (Wildman–Crippen LogP) is 4.28. The Hall–Kier alpha value is -4.67. The molecule has 5 rings (SSSR count). The number of amides is 4. The molecule has 0 spiro atoms. The molecule has 3 aromatic rings. The molecule has 8 nitrogen and oxygen atoms in total. The van der Waals surface area contributed by atoms with E-state index in [2.05, 4.69) is 10.6 Å². The number of rotatable bonds is 5. The number of benzene rings is 3. The zero-order valence-electron chi connectivity index (χ0n) is 19.7. The van der Waals surface area contributed by atoms with Gasteiger partial charge in [0.25, 0.3) is 5.91 Å². The topological polar surface area (TPSA) is 105 Å². The number of nitrogens with zero attached hydrogens (tertiary/aromatic N) is 1. The van der Waals surface area contributed by atoms with Crippen molar-refractivity contribution in [1.82, 2.24) is 10.2 Å². The highest BCUT2D eigenvalue weighted by Crippen LogP contribution is 2.31. The molecule has 1 atom stereocenters. The third-order valence-electron chi connectivity index (χ3n) is 6.41. The molecular formula is C27H20F3N3O5. The molecule has 0 bridgehead atoms. The molecule has 38 heavy (non-hydrogen) atoms. The molecule has 2 aliphatic rings. The van der Waals surface area contributed by atoms with Crippen molar-refractivity contribution in [1.29, 1.82) is 0 Å². The number of nitrogens with one attached hydrogen (secondary N) is 2. The van der Waals surface area contributed by atoms with Crippen molar-refractivity contribution in [2.75, 3.05) is 5.32 Å². The number of imide groups is 1. The Kier molecular flexibility index (Phi) is 6.58. The SMILES string of the molecule is O=C1CCC(N2Cc3c(F)cc(COC(=O)Nc4ccc(-c5ccccc5F)c(F)c4)cc3C2=O)C(=O)N1. The van der Waals surface area contributed by atoms with Gasteiger partial charge in [-0.25, -0.2) is 18.0 Å². The molecule has 11 heteroatoms. The zero-order chi connectivity index (χ0) is 27.0. The number of ether oxygens (including phenoxy) is 1. The van der Waals surface area contributed by atoms with Gasteiger partial charge in [-0.1, -0.05) is 18.2 Å². The number of hydrogen-bond donors (Lipinski definition) is 2. The van der Waals surface area contributed by atoms with E-state index in [1.54, 1.807) is 6.07 Å². The second kappa shape index (κ2) is 10.0. The summed E-state index contributed by atoms with van der Waals surface area (Å²) in [4.78, 5) is 49.9. The summed E-state index contributed by atoms with van der Waals surface area (Å²) in [6.45, 7) is -0.514. The summed E-state index contributed by atoms with van der Waals surface area (Å²) in [5, 5.41) is 4.52. The maximum Gasteiger partial charge on any atom is 0.411 e. The first-order chi connectivity index (χ1) is 18.2. The summed E-state index contributed by atoms with van der Waals surface area (Å²) in [7, 11) is 0. The highest BCUT2D eigenvalue weighted by atomic mass is 19.1. The first kappa shape index (κ1) is 25.0. The van der Waals surface area contributed by atoms with Crippen LogP contribution in [-0.2, 0) is 27.5 Å². The number of carbonyl (C=O) groups excluding carboxylic acids is 4. The molecule has 0 radical (unpaired) electrons. The van der Waals surface area contributed by atoms with E-state index in [-0.39, 0.29) is 52.9 Å². The molecule has 3 aromatic carbocycles. The fourth-order valence-corrected chi connectivity index (χ4v) is 4.55. The molecule has 1 saturated heterocycles. The van der Waals surface area contributed by atoms with Crippen LogP contribution in [0.25, 0.3) is 11.1 Å². The molecule has 2 N–H and O–H groups in total. The standard InChI is InChI=1S/C27H20F3N3O5/c28-20-4-2-1-3-16(20)17-6-5-15(11-22(17)30)31-27(37)38-13-14-9-18-19(21(29)10-14)12-33(26(18)36)23-7-8-24(34)32-25(23)35/h1-6,9-11,23H,7-8,12-13H2,(H,31,37)(H,32,34,35). The van der Waals surface area contributed by atoms with Gasteiger partial charge in [-0.05, 0) is 48.4 Å². The van der Waals surface area contributed by atoms with E-state index < -0.39 is 53.9 Å². The third-order valence-corrected chi connectivity index (χ3v) is 6.41. The highest BCUT2D eigenvalue weighted by molar-refractivity contribution is 6.05. The number of carbonyl (C=O) groups is 4. The first-order valence-corrected chi connectivity index (χ1v) is 11.7.